The number of benzene rings is 1. The van der Waals surface area contributed by atoms with Gasteiger partial charge in [-0.3, -0.25) is 14.6 Å². The Balaban J connectivity index is 1.89. The SMILES string of the molecule is CCN1C[C@H](NC(=O)c2cc(C)nc3ccc(C)cc23)CC1=O. The van der Waals surface area contributed by atoms with Gasteiger partial charge in [0.2, 0.25) is 5.91 Å². The van der Waals surface area contributed by atoms with Gasteiger partial charge in [0.15, 0.2) is 0 Å². The molecule has 1 aliphatic rings. The predicted octanol–water partition coefficient (Wildman–Crippen LogP) is 2.20. The highest BCUT2D eigenvalue weighted by Gasteiger charge is 2.29. The number of carbonyl (C=O) groups excluding carboxylic acids is 2. The molecule has 1 aliphatic heterocycles. The Hall–Kier alpha value is -2.43. The van der Waals surface area contributed by atoms with Crippen molar-refractivity contribution >= 4 is 22.7 Å². The van der Waals surface area contributed by atoms with Gasteiger partial charge in [-0.1, -0.05) is 11.6 Å². The molecule has 0 unspecified atom stereocenters. The Morgan fingerprint density at radius 3 is 2.83 bits per heavy atom. The van der Waals surface area contributed by atoms with Gasteiger partial charge in [0.05, 0.1) is 17.1 Å². The molecule has 5 heteroatoms. The van der Waals surface area contributed by atoms with Crippen LogP contribution in [0.2, 0.25) is 0 Å². The second-order valence-corrected chi connectivity index (χ2v) is 6.14. The first-order valence-corrected chi connectivity index (χ1v) is 7.94. The van der Waals surface area contributed by atoms with Crippen LogP contribution >= 0.6 is 0 Å². The molecule has 2 heterocycles. The number of hydrogen-bond donors (Lipinski definition) is 1. The summed E-state index contributed by atoms with van der Waals surface area (Å²) in [5, 5.41) is 3.85. The number of aryl methyl sites for hydroxylation is 2. The Kier molecular flexibility index (Phi) is 4.03. The molecule has 1 atom stereocenters. The minimum Gasteiger partial charge on any atom is -0.347 e. The van der Waals surface area contributed by atoms with Gasteiger partial charge in [0.1, 0.15) is 0 Å². The molecule has 120 valence electrons. The van der Waals surface area contributed by atoms with Crippen molar-refractivity contribution in [2.45, 2.75) is 33.2 Å². The molecule has 0 radical (unpaired) electrons. The zero-order valence-corrected chi connectivity index (χ0v) is 13.7. The molecule has 0 spiro atoms. The highest BCUT2D eigenvalue weighted by atomic mass is 16.2. The summed E-state index contributed by atoms with van der Waals surface area (Å²) >= 11 is 0. The van der Waals surface area contributed by atoms with Gasteiger partial charge < -0.3 is 10.2 Å². The van der Waals surface area contributed by atoms with E-state index in [1.807, 2.05) is 45.0 Å². The number of carbonyl (C=O) groups is 2. The van der Waals surface area contributed by atoms with Gasteiger partial charge in [0.25, 0.3) is 5.91 Å². The first-order chi connectivity index (χ1) is 11.0. The van der Waals surface area contributed by atoms with Crippen LogP contribution in [0.25, 0.3) is 10.9 Å². The zero-order valence-electron chi connectivity index (χ0n) is 13.7. The highest BCUT2D eigenvalue weighted by Crippen LogP contribution is 2.21. The summed E-state index contributed by atoms with van der Waals surface area (Å²) < 4.78 is 0. The minimum atomic E-state index is -0.137. The molecule has 1 saturated heterocycles. The molecule has 2 amide bonds. The maximum absolute atomic E-state index is 12.7. The number of likely N-dealkylation sites (N-methyl/N-ethyl adjacent to an activating group) is 1. The topological polar surface area (TPSA) is 62.3 Å². The molecule has 1 N–H and O–H groups in total. The maximum atomic E-state index is 12.7. The Labute approximate surface area is 135 Å². The number of pyridine rings is 1. The number of fused-ring (bicyclic) bond motifs is 1. The first-order valence-electron chi connectivity index (χ1n) is 7.94. The van der Waals surface area contributed by atoms with Gasteiger partial charge in [0, 0.05) is 30.6 Å². The standard InChI is InChI=1S/C18H21N3O2/c1-4-21-10-13(9-17(21)22)20-18(23)15-8-12(3)19-16-6-5-11(2)7-14(15)16/h5-8,13H,4,9-10H2,1-3H3,(H,20,23)/t13-/m1/s1. The molecule has 0 bridgehead atoms. The average Bonchev–Trinajstić information content (AvgIpc) is 2.86. The summed E-state index contributed by atoms with van der Waals surface area (Å²) in [7, 11) is 0. The van der Waals surface area contributed by atoms with Gasteiger partial charge >= 0.3 is 0 Å². The molecule has 1 fully saturated rings. The molecular formula is C18H21N3O2. The van der Waals surface area contributed by atoms with E-state index in [4.69, 9.17) is 0 Å². The normalized spacial score (nSPS) is 17.8. The summed E-state index contributed by atoms with van der Waals surface area (Å²) in [6.07, 6.45) is 0.376. The van der Waals surface area contributed by atoms with Crippen LogP contribution in [-0.4, -0.2) is 40.8 Å². The molecule has 1 aromatic heterocycles. The zero-order chi connectivity index (χ0) is 16.6. The molecule has 1 aromatic carbocycles. The van der Waals surface area contributed by atoms with E-state index in [9.17, 15) is 9.59 Å². The van der Waals surface area contributed by atoms with Crippen molar-refractivity contribution in [3.63, 3.8) is 0 Å². The number of hydrogen-bond acceptors (Lipinski definition) is 3. The first kappa shape index (κ1) is 15.5. The number of aromatic nitrogens is 1. The summed E-state index contributed by atoms with van der Waals surface area (Å²) in [5.74, 6) is -0.0359. The van der Waals surface area contributed by atoms with Gasteiger partial charge in [-0.25, -0.2) is 0 Å². The number of rotatable bonds is 3. The van der Waals surface area contributed by atoms with Crippen molar-refractivity contribution in [3.8, 4) is 0 Å². The number of nitrogens with one attached hydrogen (secondary N) is 1. The van der Waals surface area contributed by atoms with E-state index < -0.39 is 0 Å². The van der Waals surface area contributed by atoms with E-state index in [1.165, 1.54) is 0 Å². The van der Waals surface area contributed by atoms with Crippen LogP contribution in [-0.2, 0) is 4.79 Å². The lowest BCUT2D eigenvalue weighted by Gasteiger charge is -2.15. The highest BCUT2D eigenvalue weighted by molar-refractivity contribution is 6.06. The maximum Gasteiger partial charge on any atom is 0.252 e. The van der Waals surface area contributed by atoms with E-state index in [1.54, 1.807) is 4.90 Å². The molecule has 3 rings (SSSR count). The van der Waals surface area contributed by atoms with Crippen LogP contribution in [0.3, 0.4) is 0 Å². The second-order valence-electron chi connectivity index (χ2n) is 6.14. The monoisotopic (exact) mass is 311 g/mol. The molecular weight excluding hydrogens is 290 g/mol. The second kappa shape index (κ2) is 5.99. The smallest absolute Gasteiger partial charge is 0.252 e. The van der Waals surface area contributed by atoms with Crippen molar-refractivity contribution in [2.24, 2.45) is 0 Å². The van der Waals surface area contributed by atoms with Crippen LogP contribution in [0.5, 0.6) is 0 Å². The third-order valence-electron chi connectivity index (χ3n) is 4.27. The Morgan fingerprint density at radius 1 is 1.35 bits per heavy atom. The fourth-order valence-corrected chi connectivity index (χ4v) is 3.10. The predicted molar refractivity (Wildman–Crippen MR) is 89.3 cm³/mol. The fraction of sp³-hybridized carbons (Fsp3) is 0.389. The molecule has 0 aliphatic carbocycles. The summed E-state index contributed by atoms with van der Waals surface area (Å²) in [5.41, 5.74) is 3.34. The lowest BCUT2D eigenvalue weighted by Crippen LogP contribution is -2.37. The molecule has 5 nitrogen and oxygen atoms in total. The third-order valence-corrected chi connectivity index (χ3v) is 4.27. The van der Waals surface area contributed by atoms with E-state index in [-0.39, 0.29) is 17.9 Å². The lowest BCUT2D eigenvalue weighted by atomic mass is 10.0. The largest absolute Gasteiger partial charge is 0.347 e. The van der Waals surface area contributed by atoms with E-state index in [0.717, 1.165) is 22.2 Å². The third kappa shape index (κ3) is 3.04. The van der Waals surface area contributed by atoms with Crippen molar-refractivity contribution in [1.82, 2.24) is 15.2 Å². The average molecular weight is 311 g/mol. The molecule has 0 saturated carbocycles. The Bertz CT molecular complexity index is 785. The van der Waals surface area contributed by atoms with E-state index >= 15 is 0 Å². The van der Waals surface area contributed by atoms with Crippen LogP contribution in [0.1, 0.15) is 35.0 Å². The fourth-order valence-electron chi connectivity index (χ4n) is 3.10. The van der Waals surface area contributed by atoms with Crippen molar-refractivity contribution in [3.05, 3.63) is 41.1 Å². The van der Waals surface area contributed by atoms with Crippen LogP contribution < -0.4 is 5.32 Å². The van der Waals surface area contributed by atoms with Gasteiger partial charge in [-0.2, -0.15) is 0 Å². The quantitative estimate of drug-likeness (QED) is 0.945. The van der Waals surface area contributed by atoms with Gasteiger partial charge in [-0.15, -0.1) is 0 Å². The van der Waals surface area contributed by atoms with Crippen molar-refractivity contribution in [2.75, 3.05) is 13.1 Å². The number of nitrogens with zero attached hydrogens (tertiary/aromatic N) is 2. The lowest BCUT2D eigenvalue weighted by molar-refractivity contribution is -0.127. The van der Waals surface area contributed by atoms with E-state index in [0.29, 0.717) is 25.1 Å². The van der Waals surface area contributed by atoms with Crippen molar-refractivity contribution < 1.29 is 9.59 Å². The van der Waals surface area contributed by atoms with Crippen molar-refractivity contribution in [1.29, 1.82) is 0 Å². The molecule has 23 heavy (non-hydrogen) atoms. The van der Waals surface area contributed by atoms with E-state index in [2.05, 4.69) is 10.3 Å². The van der Waals surface area contributed by atoms with Gasteiger partial charge in [-0.05, 0) is 39.0 Å². The van der Waals surface area contributed by atoms with Crippen LogP contribution in [0, 0.1) is 13.8 Å². The Morgan fingerprint density at radius 2 is 2.13 bits per heavy atom. The number of likely N-dealkylation sites (tertiary alicyclic amines) is 1. The summed E-state index contributed by atoms with van der Waals surface area (Å²) in [6, 6.07) is 7.60. The van der Waals surface area contributed by atoms with Crippen LogP contribution in [0.4, 0.5) is 0 Å². The minimum absolute atomic E-state index is 0.101. The molecule has 2 aromatic rings. The number of amides is 2. The summed E-state index contributed by atoms with van der Waals surface area (Å²) in [6.45, 7) is 7.10. The van der Waals surface area contributed by atoms with Crippen LogP contribution in [0.15, 0.2) is 24.3 Å². The summed E-state index contributed by atoms with van der Waals surface area (Å²) in [4.78, 5) is 30.8.